The van der Waals surface area contributed by atoms with E-state index in [1.54, 1.807) is 64.3 Å². The second-order valence-electron chi connectivity index (χ2n) is 7.82. The summed E-state index contributed by atoms with van der Waals surface area (Å²) in [6.07, 6.45) is 0. The molecule has 32 heavy (non-hydrogen) atoms. The lowest BCUT2D eigenvalue weighted by Crippen LogP contribution is -2.32. The number of esters is 1. The van der Waals surface area contributed by atoms with Gasteiger partial charge in [0, 0.05) is 4.47 Å². The summed E-state index contributed by atoms with van der Waals surface area (Å²) < 4.78 is 39.9. The van der Waals surface area contributed by atoms with Gasteiger partial charge >= 0.3 is 5.97 Å². The third kappa shape index (κ3) is 5.67. The van der Waals surface area contributed by atoms with Gasteiger partial charge < -0.3 is 9.47 Å². The highest BCUT2D eigenvalue weighted by molar-refractivity contribution is 9.10. The number of ether oxygens (including phenoxy) is 2. The number of nitrogens with zero attached hydrogens (tertiary/aromatic N) is 2. The van der Waals surface area contributed by atoms with Crippen molar-refractivity contribution in [2.24, 2.45) is 0 Å². The van der Waals surface area contributed by atoms with Gasteiger partial charge in [-0.3, -0.25) is 4.31 Å². The summed E-state index contributed by atoms with van der Waals surface area (Å²) in [5.41, 5.74) is 1.37. The molecule has 170 valence electrons. The monoisotopic (exact) mass is 538 g/mol. The van der Waals surface area contributed by atoms with E-state index < -0.39 is 21.6 Å². The van der Waals surface area contributed by atoms with E-state index in [2.05, 4.69) is 20.9 Å². The molecule has 1 aromatic heterocycles. The minimum Gasteiger partial charge on any atom is -0.497 e. The highest BCUT2D eigenvalue weighted by atomic mass is 79.9. The lowest BCUT2D eigenvalue weighted by molar-refractivity contribution is 0.00646. The highest BCUT2D eigenvalue weighted by Gasteiger charge is 2.32. The van der Waals surface area contributed by atoms with E-state index in [4.69, 9.17) is 9.47 Å². The number of carbonyl (C=O) groups is 1. The summed E-state index contributed by atoms with van der Waals surface area (Å²) in [6, 6.07) is 13.4. The molecule has 0 aliphatic carbocycles. The lowest BCUT2D eigenvalue weighted by atomic mass is 10.2. The molecule has 0 amide bonds. The van der Waals surface area contributed by atoms with E-state index >= 15 is 0 Å². The van der Waals surface area contributed by atoms with Gasteiger partial charge in [0.1, 0.15) is 16.4 Å². The van der Waals surface area contributed by atoms with Crippen LogP contribution in [0.15, 0.2) is 63.4 Å². The van der Waals surface area contributed by atoms with Crippen molar-refractivity contribution < 1.29 is 22.7 Å². The van der Waals surface area contributed by atoms with Gasteiger partial charge in [0.2, 0.25) is 0 Å². The molecule has 0 aliphatic heterocycles. The Morgan fingerprint density at radius 1 is 1.09 bits per heavy atom. The Morgan fingerprint density at radius 2 is 1.72 bits per heavy atom. The number of carbonyl (C=O) groups excluding carboxylic acids is 1. The number of anilines is 1. The quantitative estimate of drug-likeness (QED) is 0.381. The van der Waals surface area contributed by atoms with Crippen LogP contribution in [0.4, 0.5) is 5.00 Å². The van der Waals surface area contributed by atoms with Gasteiger partial charge in [0.15, 0.2) is 5.69 Å². The van der Waals surface area contributed by atoms with Gasteiger partial charge in [-0.2, -0.15) is 0 Å². The number of hydrogen-bond acceptors (Lipinski definition) is 7. The molecule has 0 N–H and O–H groups in total. The van der Waals surface area contributed by atoms with Crippen molar-refractivity contribution in [2.75, 3.05) is 11.4 Å². The van der Waals surface area contributed by atoms with E-state index in [-0.39, 0.29) is 22.1 Å². The fraction of sp³-hybridized carbons (Fsp3) is 0.273. The van der Waals surface area contributed by atoms with Gasteiger partial charge in [-0.05, 0) is 62.7 Å². The standard InChI is InChI=1S/C22H23BrN2O5S2/c1-22(2,3)30-21(26)19-20(31-14-24-19)25(13-15-5-9-17(29-4)10-6-15)32(27,28)18-11-7-16(23)8-12-18/h5-12,14H,13H2,1-4H3. The molecule has 0 atom stereocenters. The summed E-state index contributed by atoms with van der Waals surface area (Å²) in [5, 5.41) is 0.193. The fourth-order valence-electron chi connectivity index (χ4n) is 2.78. The Balaban J connectivity index is 2.08. The molecular formula is C22H23BrN2O5S2. The van der Waals surface area contributed by atoms with Crippen molar-refractivity contribution in [3.8, 4) is 5.75 Å². The van der Waals surface area contributed by atoms with Crippen LogP contribution in [0, 0.1) is 0 Å². The summed E-state index contributed by atoms with van der Waals surface area (Å²) in [4.78, 5) is 17.0. The van der Waals surface area contributed by atoms with Crippen LogP contribution in [0.2, 0.25) is 0 Å². The predicted molar refractivity (Wildman–Crippen MR) is 128 cm³/mol. The maximum absolute atomic E-state index is 13.6. The van der Waals surface area contributed by atoms with Crippen LogP contribution < -0.4 is 9.04 Å². The Kier molecular flexibility index (Phi) is 7.26. The largest absolute Gasteiger partial charge is 0.497 e. The van der Waals surface area contributed by atoms with E-state index in [0.29, 0.717) is 5.75 Å². The topological polar surface area (TPSA) is 85.8 Å². The number of rotatable bonds is 7. The molecule has 7 nitrogen and oxygen atoms in total. The van der Waals surface area contributed by atoms with E-state index in [1.807, 2.05) is 0 Å². The van der Waals surface area contributed by atoms with E-state index in [0.717, 1.165) is 21.4 Å². The van der Waals surface area contributed by atoms with E-state index in [9.17, 15) is 13.2 Å². The maximum Gasteiger partial charge on any atom is 0.360 e. The molecule has 3 aromatic rings. The maximum atomic E-state index is 13.6. The van der Waals surface area contributed by atoms with Gasteiger partial charge in [0.25, 0.3) is 10.0 Å². The van der Waals surface area contributed by atoms with Gasteiger partial charge in [0.05, 0.1) is 24.1 Å². The zero-order chi connectivity index (χ0) is 23.5. The zero-order valence-electron chi connectivity index (χ0n) is 18.0. The minimum absolute atomic E-state index is 0.000380. The summed E-state index contributed by atoms with van der Waals surface area (Å²) in [5.74, 6) is -0.0252. The molecule has 0 aliphatic rings. The molecule has 0 bridgehead atoms. The molecule has 2 aromatic carbocycles. The number of sulfonamides is 1. The fourth-order valence-corrected chi connectivity index (χ4v) is 5.51. The smallest absolute Gasteiger partial charge is 0.360 e. The third-order valence-corrected chi connectivity index (χ3v) is 7.51. The molecule has 0 fully saturated rings. The van der Waals surface area contributed by atoms with Crippen molar-refractivity contribution in [3.63, 3.8) is 0 Å². The van der Waals surface area contributed by atoms with Crippen LogP contribution in [-0.4, -0.2) is 32.1 Å². The summed E-state index contributed by atoms with van der Waals surface area (Å²) >= 11 is 4.39. The second-order valence-corrected chi connectivity index (χ2v) is 11.4. The lowest BCUT2D eigenvalue weighted by Gasteiger charge is -2.25. The number of methoxy groups -OCH3 is 1. The molecular weight excluding hydrogens is 516 g/mol. The molecule has 0 saturated carbocycles. The van der Waals surface area contributed by atoms with Crippen LogP contribution in [0.3, 0.4) is 0 Å². The van der Waals surface area contributed by atoms with Crippen LogP contribution in [0.5, 0.6) is 5.75 Å². The van der Waals surface area contributed by atoms with E-state index in [1.165, 1.54) is 21.9 Å². The first-order valence-corrected chi connectivity index (χ1v) is 12.7. The molecule has 1 heterocycles. The molecule has 3 rings (SSSR count). The Morgan fingerprint density at radius 3 is 2.28 bits per heavy atom. The Labute approximate surface area is 200 Å². The average molecular weight is 539 g/mol. The average Bonchev–Trinajstić information content (AvgIpc) is 3.21. The summed E-state index contributed by atoms with van der Waals surface area (Å²) in [6.45, 7) is 5.22. The highest BCUT2D eigenvalue weighted by Crippen LogP contribution is 2.34. The van der Waals surface area contributed by atoms with Crippen molar-refractivity contribution in [2.45, 2.75) is 37.8 Å². The van der Waals surface area contributed by atoms with Crippen molar-refractivity contribution in [1.82, 2.24) is 4.98 Å². The molecule has 0 unspecified atom stereocenters. The van der Waals surface area contributed by atoms with Crippen molar-refractivity contribution in [1.29, 1.82) is 0 Å². The minimum atomic E-state index is -4.01. The Hall–Kier alpha value is -2.43. The second kappa shape index (κ2) is 9.60. The SMILES string of the molecule is COc1ccc(CN(c2scnc2C(=O)OC(C)(C)C)S(=O)(=O)c2ccc(Br)cc2)cc1. The van der Waals surface area contributed by atoms with Crippen molar-refractivity contribution in [3.05, 3.63) is 69.8 Å². The zero-order valence-corrected chi connectivity index (χ0v) is 21.3. The van der Waals surface area contributed by atoms with Crippen LogP contribution in [-0.2, 0) is 21.3 Å². The number of benzene rings is 2. The molecule has 0 spiro atoms. The Bertz CT molecular complexity index is 1180. The molecule has 0 radical (unpaired) electrons. The predicted octanol–water partition coefficient (Wildman–Crippen LogP) is 5.27. The van der Waals surface area contributed by atoms with Gasteiger partial charge in [-0.15, -0.1) is 11.3 Å². The number of aromatic nitrogens is 1. The first-order valence-electron chi connectivity index (χ1n) is 9.59. The number of hydrogen-bond donors (Lipinski definition) is 0. The van der Waals surface area contributed by atoms with Crippen LogP contribution >= 0.6 is 27.3 Å². The number of thiazole rings is 1. The molecule has 10 heteroatoms. The van der Waals surface area contributed by atoms with Crippen molar-refractivity contribution >= 4 is 48.3 Å². The van der Waals surface area contributed by atoms with Crippen LogP contribution in [0.1, 0.15) is 36.8 Å². The normalized spacial score (nSPS) is 11.8. The van der Waals surface area contributed by atoms with Crippen LogP contribution in [0.25, 0.3) is 0 Å². The number of halogens is 1. The molecule has 0 saturated heterocycles. The summed E-state index contributed by atoms with van der Waals surface area (Å²) in [7, 11) is -2.45. The van der Waals surface area contributed by atoms with Gasteiger partial charge in [-0.25, -0.2) is 18.2 Å². The first-order chi connectivity index (χ1) is 15.0. The van der Waals surface area contributed by atoms with Gasteiger partial charge in [-0.1, -0.05) is 28.1 Å². The third-order valence-electron chi connectivity index (χ3n) is 4.25. The first kappa shape index (κ1) is 24.2.